The minimum Gasteiger partial charge on any atom is -0.431 e. The van der Waals surface area contributed by atoms with E-state index in [1.54, 1.807) is 6.07 Å². The Hall–Kier alpha value is -2.01. The number of halogens is 1. The number of oxazole rings is 1. The number of carbonyl (C=O) groups excluding carboxylic acids is 1. The van der Waals surface area contributed by atoms with Crippen LogP contribution in [0.4, 0.5) is 6.01 Å². The van der Waals surface area contributed by atoms with E-state index in [2.05, 4.69) is 10.3 Å². The van der Waals surface area contributed by atoms with Crippen molar-refractivity contribution in [1.82, 2.24) is 10.3 Å². The maximum atomic E-state index is 11.6. The van der Waals surface area contributed by atoms with Gasteiger partial charge in [0.05, 0.1) is 0 Å². The van der Waals surface area contributed by atoms with E-state index in [1.807, 2.05) is 18.2 Å². The molecule has 3 N–H and O–H groups in total. The number of amides is 1. The highest BCUT2D eigenvalue weighted by Gasteiger charge is 2.10. The lowest BCUT2D eigenvalue weighted by Crippen LogP contribution is -2.23. The van der Waals surface area contributed by atoms with E-state index in [9.17, 15) is 4.79 Å². The van der Waals surface area contributed by atoms with Crippen LogP contribution in [0.25, 0.3) is 0 Å². The average molecular weight is 252 g/mol. The number of aromatic nitrogens is 1. The lowest BCUT2D eigenvalue weighted by molar-refractivity contribution is 0.0946. The van der Waals surface area contributed by atoms with E-state index in [0.29, 0.717) is 11.6 Å². The smallest absolute Gasteiger partial charge is 0.292 e. The monoisotopic (exact) mass is 251 g/mol. The van der Waals surface area contributed by atoms with Gasteiger partial charge in [-0.3, -0.25) is 4.79 Å². The van der Waals surface area contributed by atoms with E-state index in [-0.39, 0.29) is 17.6 Å². The molecule has 0 aliphatic heterocycles. The van der Waals surface area contributed by atoms with Crippen molar-refractivity contribution in [2.45, 2.75) is 6.54 Å². The fourth-order valence-electron chi connectivity index (χ4n) is 1.30. The zero-order valence-electron chi connectivity index (χ0n) is 8.81. The molecule has 0 fully saturated rings. The average Bonchev–Trinajstić information content (AvgIpc) is 2.74. The Kier molecular flexibility index (Phi) is 3.30. The number of nitrogen functional groups attached to an aromatic ring is 1. The van der Waals surface area contributed by atoms with E-state index >= 15 is 0 Å². The van der Waals surface area contributed by atoms with Crippen molar-refractivity contribution < 1.29 is 9.21 Å². The van der Waals surface area contributed by atoms with Gasteiger partial charge in [0.15, 0.2) is 5.69 Å². The molecule has 1 aromatic heterocycles. The topological polar surface area (TPSA) is 81.1 Å². The van der Waals surface area contributed by atoms with E-state index in [1.165, 1.54) is 6.26 Å². The van der Waals surface area contributed by atoms with Crippen molar-refractivity contribution >= 4 is 23.5 Å². The molecule has 2 aromatic rings. The predicted octanol–water partition coefficient (Wildman–Crippen LogP) is 1.84. The molecule has 0 bridgehead atoms. The summed E-state index contributed by atoms with van der Waals surface area (Å²) in [5.41, 5.74) is 6.25. The third-order valence-electron chi connectivity index (χ3n) is 2.15. The molecule has 6 heteroatoms. The zero-order valence-corrected chi connectivity index (χ0v) is 9.57. The Bertz CT molecular complexity index is 539. The van der Waals surface area contributed by atoms with Crippen LogP contribution in [0.15, 0.2) is 34.9 Å². The second-order valence-electron chi connectivity index (χ2n) is 3.35. The predicted molar refractivity (Wildman–Crippen MR) is 63.5 cm³/mol. The summed E-state index contributed by atoms with van der Waals surface area (Å²) in [5.74, 6) is -0.356. The van der Waals surface area contributed by atoms with Gasteiger partial charge in [-0.1, -0.05) is 29.8 Å². The van der Waals surface area contributed by atoms with Crippen molar-refractivity contribution in [3.8, 4) is 0 Å². The number of nitrogens with one attached hydrogen (secondary N) is 1. The number of benzene rings is 1. The first-order chi connectivity index (χ1) is 8.16. The van der Waals surface area contributed by atoms with Gasteiger partial charge in [0.2, 0.25) is 0 Å². The van der Waals surface area contributed by atoms with Gasteiger partial charge in [0, 0.05) is 11.6 Å². The van der Waals surface area contributed by atoms with Crippen molar-refractivity contribution in [3.05, 3.63) is 46.8 Å². The highest BCUT2D eigenvalue weighted by Crippen LogP contribution is 2.14. The number of rotatable bonds is 3. The summed E-state index contributed by atoms with van der Waals surface area (Å²) in [6.45, 7) is 0.325. The Morgan fingerprint density at radius 3 is 2.88 bits per heavy atom. The van der Waals surface area contributed by atoms with E-state index in [0.717, 1.165) is 5.56 Å². The molecule has 0 spiro atoms. The largest absolute Gasteiger partial charge is 0.431 e. The molecule has 88 valence electrons. The van der Waals surface area contributed by atoms with Gasteiger partial charge in [0.25, 0.3) is 11.9 Å². The molecule has 17 heavy (non-hydrogen) atoms. The molecule has 2 rings (SSSR count). The second-order valence-corrected chi connectivity index (χ2v) is 3.75. The van der Waals surface area contributed by atoms with Crippen LogP contribution < -0.4 is 11.1 Å². The summed E-state index contributed by atoms with van der Waals surface area (Å²) in [6, 6.07) is 7.23. The molecule has 1 heterocycles. The molecule has 1 amide bonds. The maximum Gasteiger partial charge on any atom is 0.292 e. The van der Waals surface area contributed by atoms with Gasteiger partial charge in [-0.05, 0) is 11.6 Å². The second kappa shape index (κ2) is 4.88. The number of anilines is 1. The normalized spacial score (nSPS) is 10.2. The summed E-state index contributed by atoms with van der Waals surface area (Å²) in [7, 11) is 0. The van der Waals surface area contributed by atoms with Crippen molar-refractivity contribution in [1.29, 1.82) is 0 Å². The Balaban J connectivity index is 1.99. The third kappa shape index (κ3) is 2.76. The lowest BCUT2D eigenvalue weighted by atomic mass is 10.2. The molecule has 0 unspecified atom stereocenters. The Morgan fingerprint density at radius 2 is 2.24 bits per heavy atom. The Morgan fingerprint density at radius 1 is 1.47 bits per heavy atom. The molecule has 0 saturated carbocycles. The summed E-state index contributed by atoms with van der Waals surface area (Å²) >= 11 is 5.95. The van der Waals surface area contributed by atoms with Gasteiger partial charge in [-0.2, -0.15) is 4.98 Å². The SMILES string of the molecule is Nc1nc(C(=O)NCc2ccccc2Cl)co1. The molecule has 1 aromatic carbocycles. The van der Waals surface area contributed by atoms with Crippen molar-refractivity contribution in [2.75, 3.05) is 5.73 Å². The quantitative estimate of drug-likeness (QED) is 0.872. The standard InChI is InChI=1S/C11H10ClN3O2/c12-8-4-2-1-3-7(8)5-14-10(16)9-6-17-11(13)15-9/h1-4,6H,5H2,(H2,13,15)(H,14,16). The van der Waals surface area contributed by atoms with Crippen LogP contribution in [0.5, 0.6) is 0 Å². The maximum absolute atomic E-state index is 11.6. The van der Waals surface area contributed by atoms with Crippen LogP contribution in [0.1, 0.15) is 16.1 Å². The van der Waals surface area contributed by atoms with Crippen LogP contribution in [0.2, 0.25) is 5.02 Å². The van der Waals surface area contributed by atoms with E-state index in [4.69, 9.17) is 21.8 Å². The van der Waals surface area contributed by atoms with Gasteiger partial charge in [-0.25, -0.2) is 0 Å². The summed E-state index contributed by atoms with van der Waals surface area (Å²) in [5, 5.41) is 3.27. The first kappa shape index (κ1) is 11.5. The van der Waals surface area contributed by atoms with Crippen LogP contribution in [-0.4, -0.2) is 10.9 Å². The highest BCUT2D eigenvalue weighted by atomic mass is 35.5. The van der Waals surface area contributed by atoms with Gasteiger partial charge >= 0.3 is 0 Å². The van der Waals surface area contributed by atoms with Gasteiger partial charge in [0.1, 0.15) is 6.26 Å². The summed E-state index contributed by atoms with van der Waals surface area (Å²) in [6.07, 6.45) is 1.21. The first-order valence-electron chi connectivity index (χ1n) is 4.89. The molecule has 0 radical (unpaired) electrons. The molecular weight excluding hydrogens is 242 g/mol. The molecule has 0 aliphatic rings. The van der Waals surface area contributed by atoms with Crippen LogP contribution in [0, 0.1) is 0 Å². The number of hydrogen-bond donors (Lipinski definition) is 2. The molecular formula is C11H10ClN3O2. The van der Waals surface area contributed by atoms with Crippen molar-refractivity contribution in [3.63, 3.8) is 0 Å². The number of hydrogen-bond acceptors (Lipinski definition) is 4. The number of carbonyl (C=O) groups is 1. The fraction of sp³-hybridized carbons (Fsp3) is 0.0909. The highest BCUT2D eigenvalue weighted by molar-refractivity contribution is 6.31. The third-order valence-corrected chi connectivity index (χ3v) is 2.52. The van der Waals surface area contributed by atoms with Crippen LogP contribution in [0.3, 0.4) is 0 Å². The first-order valence-corrected chi connectivity index (χ1v) is 5.27. The zero-order chi connectivity index (χ0) is 12.3. The van der Waals surface area contributed by atoms with Crippen LogP contribution >= 0.6 is 11.6 Å². The molecule has 0 saturated heterocycles. The lowest BCUT2D eigenvalue weighted by Gasteiger charge is -2.04. The fourth-order valence-corrected chi connectivity index (χ4v) is 1.50. The van der Waals surface area contributed by atoms with E-state index < -0.39 is 0 Å². The van der Waals surface area contributed by atoms with Crippen LogP contribution in [-0.2, 0) is 6.54 Å². The molecule has 5 nitrogen and oxygen atoms in total. The summed E-state index contributed by atoms with van der Waals surface area (Å²) in [4.78, 5) is 15.3. The minimum atomic E-state index is -0.356. The van der Waals surface area contributed by atoms with Gasteiger partial charge in [-0.15, -0.1) is 0 Å². The number of nitrogens with two attached hydrogens (primary N) is 1. The molecule has 0 aliphatic carbocycles. The van der Waals surface area contributed by atoms with Crippen molar-refractivity contribution in [2.24, 2.45) is 0 Å². The summed E-state index contributed by atoms with van der Waals surface area (Å²) < 4.78 is 4.74. The number of nitrogens with zero attached hydrogens (tertiary/aromatic N) is 1. The van der Waals surface area contributed by atoms with Gasteiger partial charge < -0.3 is 15.5 Å². The minimum absolute atomic E-state index is 0.0344. The molecule has 0 atom stereocenters. The Labute approximate surface area is 103 Å².